The maximum Gasteiger partial charge on any atom is 0.229 e. The number of rotatable bonds is 3. The number of fused-ring (bicyclic) bond motifs is 2. The molecule has 0 radical (unpaired) electrons. The van der Waals surface area contributed by atoms with Crippen molar-refractivity contribution in [3.05, 3.63) is 94.3 Å². The first-order valence-corrected chi connectivity index (χ1v) is 11.0. The molecule has 1 aliphatic heterocycles. The first-order chi connectivity index (χ1) is 13.8. The normalized spacial score (nSPS) is 14.5. The number of hydrogen-bond acceptors (Lipinski definition) is 3. The Morgan fingerprint density at radius 3 is 2.62 bits per heavy atom. The second-order valence-electron chi connectivity index (χ2n) is 7.15. The summed E-state index contributed by atoms with van der Waals surface area (Å²) in [7, 11) is -3.51. The fourth-order valence-corrected chi connectivity index (χ4v) is 4.06. The number of benzene rings is 3. The molecule has 1 N–H and O–H groups in total. The largest absolute Gasteiger partial charge is 0.488 e. The Kier molecular flexibility index (Phi) is 4.88. The quantitative estimate of drug-likeness (QED) is 0.663. The summed E-state index contributed by atoms with van der Waals surface area (Å²) in [6.45, 7) is 2.47. The molecule has 0 atom stereocenters. The summed E-state index contributed by atoms with van der Waals surface area (Å²) >= 11 is 0. The number of nitrogens with one attached hydrogen (secondary N) is 1. The van der Waals surface area contributed by atoms with Crippen LogP contribution in [0.1, 0.15) is 27.8 Å². The molecule has 3 aromatic carbocycles. The van der Waals surface area contributed by atoms with E-state index in [1.54, 1.807) is 6.07 Å². The highest BCUT2D eigenvalue weighted by Crippen LogP contribution is 2.38. The van der Waals surface area contributed by atoms with Crippen LogP contribution in [0.2, 0.25) is 0 Å². The van der Waals surface area contributed by atoms with Crippen molar-refractivity contribution in [2.75, 3.05) is 11.0 Å². The predicted molar refractivity (Wildman–Crippen MR) is 114 cm³/mol. The van der Waals surface area contributed by atoms with Crippen molar-refractivity contribution >= 4 is 27.4 Å². The van der Waals surface area contributed by atoms with E-state index >= 15 is 0 Å². The SMILES string of the molecule is Cc1ccc2c(c1)COc1ccccc1C2=Cc1cc(F)cc(NS(C)(=O)=O)c1. The Bertz CT molecular complexity index is 1230. The minimum absolute atomic E-state index is 0.182. The number of hydrogen-bond donors (Lipinski definition) is 1. The van der Waals surface area contributed by atoms with Gasteiger partial charge in [0.25, 0.3) is 0 Å². The van der Waals surface area contributed by atoms with Crippen molar-refractivity contribution in [1.82, 2.24) is 0 Å². The van der Waals surface area contributed by atoms with Gasteiger partial charge in [0.1, 0.15) is 18.2 Å². The predicted octanol–water partition coefficient (Wildman–Crippen LogP) is 4.99. The Morgan fingerprint density at radius 2 is 1.83 bits per heavy atom. The van der Waals surface area contributed by atoms with Gasteiger partial charge in [0.2, 0.25) is 10.0 Å². The molecule has 4 nitrogen and oxygen atoms in total. The zero-order valence-electron chi connectivity index (χ0n) is 16.1. The van der Waals surface area contributed by atoms with Crippen LogP contribution in [0.5, 0.6) is 5.75 Å². The van der Waals surface area contributed by atoms with Gasteiger partial charge in [-0.3, -0.25) is 4.72 Å². The maximum absolute atomic E-state index is 14.2. The van der Waals surface area contributed by atoms with Gasteiger partial charge < -0.3 is 4.74 Å². The lowest BCUT2D eigenvalue weighted by atomic mass is 9.91. The molecule has 148 valence electrons. The number of sulfonamides is 1. The third-order valence-electron chi connectivity index (χ3n) is 4.65. The molecular weight excluding hydrogens is 389 g/mol. The average molecular weight is 409 g/mol. The van der Waals surface area contributed by atoms with E-state index in [-0.39, 0.29) is 5.69 Å². The van der Waals surface area contributed by atoms with Crippen molar-refractivity contribution < 1.29 is 17.5 Å². The van der Waals surface area contributed by atoms with E-state index in [0.717, 1.165) is 45.9 Å². The van der Waals surface area contributed by atoms with Gasteiger partial charge in [-0.25, -0.2) is 12.8 Å². The first-order valence-electron chi connectivity index (χ1n) is 9.11. The van der Waals surface area contributed by atoms with Gasteiger partial charge in [-0.2, -0.15) is 0 Å². The highest BCUT2D eigenvalue weighted by molar-refractivity contribution is 7.92. The zero-order valence-corrected chi connectivity index (χ0v) is 16.9. The molecule has 1 heterocycles. The van der Waals surface area contributed by atoms with Crippen LogP contribution >= 0.6 is 0 Å². The van der Waals surface area contributed by atoms with Gasteiger partial charge >= 0.3 is 0 Å². The third-order valence-corrected chi connectivity index (χ3v) is 5.25. The second-order valence-corrected chi connectivity index (χ2v) is 8.90. The van der Waals surface area contributed by atoms with Gasteiger partial charge in [0, 0.05) is 5.56 Å². The van der Waals surface area contributed by atoms with Crippen molar-refractivity contribution in [3.8, 4) is 5.75 Å². The molecule has 1 aliphatic rings. The molecule has 0 amide bonds. The van der Waals surface area contributed by atoms with E-state index in [9.17, 15) is 12.8 Å². The lowest BCUT2D eigenvalue weighted by Crippen LogP contribution is -2.09. The van der Waals surface area contributed by atoms with E-state index in [1.165, 1.54) is 6.07 Å². The van der Waals surface area contributed by atoms with E-state index in [4.69, 9.17) is 4.74 Å². The minimum atomic E-state index is -3.51. The topological polar surface area (TPSA) is 55.4 Å². The van der Waals surface area contributed by atoms with Crippen LogP contribution in [-0.2, 0) is 16.6 Å². The molecule has 0 spiro atoms. The summed E-state index contributed by atoms with van der Waals surface area (Å²) in [5.41, 5.74) is 5.70. The molecule has 4 rings (SSSR count). The average Bonchev–Trinajstić information content (AvgIpc) is 2.77. The van der Waals surface area contributed by atoms with Crippen LogP contribution in [0, 0.1) is 12.7 Å². The molecule has 0 bridgehead atoms. The van der Waals surface area contributed by atoms with Gasteiger partial charge in [0.05, 0.1) is 11.9 Å². The highest BCUT2D eigenvalue weighted by Gasteiger charge is 2.19. The smallest absolute Gasteiger partial charge is 0.229 e. The van der Waals surface area contributed by atoms with Crippen molar-refractivity contribution in [3.63, 3.8) is 0 Å². The van der Waals surface area contributed by atoms with Gasteiger partial charge in [-0.05, 0) is 59.5 Å². The molecule has 0 saturated heterocycles. The number of aryl methyl sites for hydroxylation is 1. The minimum Gasteiger partial charge on any atom is -0.488 e. The Hall–Kier alpha value is -3.12. The summed E-state index contributed by atoms with van der Waals surface area (Å²) < 4.78 is 45.6. The van der Waals surface area contributed by atoms with Crippen LogP contribution in [0.4, 0.5) is 10.1 Å². The van der Waals surface area contributed by atoms with Crippen LogP contribution in [-0.4, -0.2) is 14.7 Å². The third kappa shape index (κ3) is 4.32. The molecule has 0 unspecified atom stereocenters. The van der Waals surface area contributed by atoms with Gasteiger partial charge in [0.15, 0.2) is 0 Å². The van der Waals surface area contributed by atoms with Crippen LogP contribution in [0.15, 0.2) is 60.7 Å². The molecule has 0 fully saturated rings. The van der Waals surface area contributed by atoms with Gasteiger partial charge in [-0.1, -0.05) is 42.0 Å². The second kappa shape index (κ2) is 7.37. The van der Waals surface area contributed by atoms with Crippen LogP contribution in [0.25, 0.3) is 11.6 Å². The molecule has 0 aliphatic carbocycles. The highest BCUT2D eigenvalue weighted by atomic mass is 32.2. The first kappa shape index (κ1) is 19.2. The van der Waals surface area contributed by atoms with Crippen LogP contribution < -0.4 is 9.46 Å². The molecule has 0 aromatic heterocycles. The monoisotopic (exact) mass is 409 g/mol. The summed E-state index contributed by atoms with van der Waals surface area (Å²) in [5.74, 6) is 0.228. The number of halogens is 1. The Balaban J connectivity index is 1.91. The molecule has 6 heteroatoms. The lowest BCUT2D eigenvalue weighted by Gasteiger charge is -2.12. The van der Waals surface area contributed by atoms with Crippen molar-refractivity contribution in [2.45, 2.75) is 13.5 Å². The van der Waals surface area contributed by atoms with E-state index in [1.807, 2.05) is 49.4 Å². The molecular formula is C23H20FNO3S. The van der Waals surface area contributed by atoms with E-state index < -0.39 is 15.8 Å². The molecule has 3 aromatic rings. The van der Waals surface area contributed by atoms with Crippen molar-refractivity contribution in [1.29, 1.82) is 0 Å². The van der Waals surface area contributed by atoms with E-state index in [0.29, 0.717) is 12.2 Å². The number of anilines is 1. The maximum atomic E-state index is 14.2. The summed E-state index contributed by atoms with van der Waals surface area (Å²) in [6, 6.07) is 18.0. The number of para-hydroxylation sites is 1. The standard InChI is InChI=1S/C23H20FNO3S/c1-15-7-8-20-17(9-15)14-28-23-6-4-3-5-21(23)22(20)12-16-10-18(24)13-19(11-16)25-29(2,26)27/h3-13,25H,14H2,1-2H3. The zero-order chi connectivity index (χ0) is 20.6. The summed E-state index contributed by atoms with van der Waals surface area (Å²) in [5, 5.41) is 0. The van der Waals surface area contributed by atoms with Gasteiger partial charge in [-0.15, -0.1) is 0 Å². The fourth-order valence-electron chi connectivity index (χ4n) is 3.51. The van der Waals surface area contributed by atoms with Crippen molar-refractivity contribution in [2.24, 2.45) is 0 Å². The summed E-state index contributed by atoms with van der Waals surface area (Å²) in [4.78, 5) is 0. The molecule has 0 saturated carbocycles. The summed E-state index contributed by atoms with van der Waals surface area (Å²) in [6.07, 6.45) is 2.89. The van der Waals surface area contributed by atoms with Crippen LogP contribution in [0.3, 0.4) is 0 Å². The molecule has 29 heavy (non-hydrogen) atoms. The number of ether oxygens (including phenoxy) is 1. The Labute approximate surface area is 169 Å². The Morgan fingerprint density at radius 1 is 1.03 bits per heavy atom. The van der Waals surface area contributed by atoms with E-state index in [2.05, 4.69) is 10.8 Å². The fraction of sp³-hybridized carbons (Fsp3) is 0.130. The lowest BCUT2D eigenvalue weighted by molar-refractivity contribution is 0.307.